The Balaban J connectivity index is 1.57. The highest BCUT2D eigenvalue weighted by atomic mass is 16.2. The number of rotatable bonds is 2. The maximum Gasteiger partial charge on any atom is 0.276 e. The van der Waals surface area contributed by atoms with Gasteiger partial charge in [0.2, 0.25) is 0 Å². The molecule has 4 saturated carbocycles. The second kappa shape index (κ2) is 4.05. The van der Waals surface area contributed by atoms with Gasteiger partial charge in [-0.1, -0.05) is 0 Å². The third kappa shape index (κ3) is 1.70. The number of carbonyl (C=O) groups is 1. The summed E-state index contributed by atoms with van der Waals surface area (Å²) >= 11 is 0. The van der Waals surface area contributed by atoms with Crippen molar-refractivity contribution in [3.8, 4) is 0 Å². The van der Waals surface area contributed by atoms with Crippen LogP contribution in [0.15, 0.2) is 6.20 Å². The quantitative estimate of drug-likeness (QED) is 0.880. The minimum absolute atomic E-state index is 0.0197. The molecule has 0 spiro atoms. The Hall–Kier alpha value is -1.39. The van der Waals surface area contributed by atoms with Crippen LogP contribution in [0, 0.1) is 23.7 Å². The molecule has 1 aromatic heterocycles. The fraction of sp³-hybridized carbons (Fsp3) is 0.786. The van der Waals surface area contributed by atoms with Crippen molar-refractivity contribution >= 4 is 5.91 Å². The molecule has 1 heterocycles. The summed E-state index contributed by atoms with van der Waals surface area (Å²) in [6, 6.07) is 0.428. The molecule has 1 aromatic rings. The monoisotopic (exact) mass is 260 g/mol. The predicted octanol–water partition coefficient (Wildman–Crippen LogP) is 1.70. The predicted molar refractivity (Wildman–Crippen MR) is 69.3 cm³/mol. The topological polar surface area (TPSA) is 61.9 Å². The molecule has 4 bridgehead atoms. The van der Waals surface area contributed by atoms with Crippen LogP contribution in [-0.2, 0) is 0 Å². The van der Waals surface area contributed by atoms with Crippen molar-refractivity contribution in [3.63, 3.8) is 0 Å². The summed E-state index contributed by atoms with van der Waals surface area (Å²) in [4.78, 5) is 14.4. The first-order valence-corrected chi connectivity index (χ1v) is 7.35. The molecule has 19 heavy (non-hydrogen) atoms. The SMILES string of the molecule is CN(C(=O)c1cn[nH]n1)C1C2CC3CC(C2)CC1C3. The number of aromatic nitrogens is 3. The zero-order valence-electron chi connectivity index (χ0n) is 11.2. The highest BCUT2D eigenvalue weighted by molar-refractivity contribution is 5.92. The first-order valence-electron chi connectivity index (χ1n) is 7.35. The Morgan fingerprint density at radius 3 is 2.37 bits per heavy atom. The summed E-state index contributed by atoms with van der Waals surface area (Å²) in [5, 5.41) is 10.2. The molecule has 0 unspecified atom stereocenters. The highest BCUT2D eigenvalue weighted by Crippen LogP contribution is 2.55. The van der Waals surface area contributed by atoms with E-state index in [1.165, 1.54) is 38.3 Å². The van der Waals surface area contributed by atoms with Crippen molar-refractivity contribution in [2.75, 3.05) is 7.05 Å². The molecule has 0 aliphatic heterocycles. The summed E-state index contributed by atoms with van der Waals surface area (Å²) in [7, 11) is 1.95. The van der Waals surface area contributed by atoms with Crippen LogP contribution in [0.25, 0.3) is 0 Å². The number of aromatic amines is 1. The number of amides is 1. The van der Waals surface area contributed by atoms with Gasteiger partial charge in [0, 0.05) is 13.1 Å². The number of hydrogen-bond donors (Lipinski definition) is 1. The second-order valence-electron chi connectivity index (χ2n) is 6.69. The Kier molecular flexibility index (Phi) is 2.44. The number of nitrogens with zero attached hydrogens (tertiary/aromatic N) is 3. The normalized spacial score (nSPS) is 39.5. The maximum atomic E-state index is 12.4. The molecule has 1 N–H and O–H groups in total. The van der Waals surface area contributed by atoms with Gasteiger partial charge >= 0.3 is 0 Å². The van der Waals surface area contributed by atoms with E-state index in [9.17, 15) is 4.79 Å². The van der Waals surface area contributed by atoms with Crippen molar-refractivity contribution < 1.29 is 4.79 Å². The fourth-order valence-electron chi connectivity index (χ4n) is 5.15. The summed E-state index contributed by atoms with van der Waals surface area (Å²) in [6.07, 6.45) is 8.28. The van der Waals surface area contributed by atoms with Crippen molar-refractivity contribution in [2.24, 2.45) is 23.7 Å². The van der Waals surface area contributed by atoms with Crippen molar-refractivity contribution in [3.05, 3.63) is 11.9 Å². The lowest BCUT2D eigenvalue weighted by Gasteiger charge is -2.56. The zero-order chi connectivity index (χ0) is 13.0. The molecule has 4 aliphatic rings. The van der Waals surface area contributed by atoms with Crippen LogP contribution in [0.2, 0.25) is 0 Å². The molecule has 5 nitrogen and oxygen atoms in total. The molecule has 4 fully saturated rings. The molecular weight excluding hydrogens is 240 g/mol. The van der Waals surface area contributed by atoms with Crippen LogP contribution < -0.4 is 0 Å². The van der Waals surface area contributed by atoms with Crippen LogP contribution in [0.3, 0.4) is 0 Å². The Bertz CT molecular complexity index is 456. The van der Waals surface area contributed by atoms with E-state index in [1.54, 1.807) is 0 Å². The van der Waals surface area contributed by atoms with Crippen LogP contribution in [0.5, 0.6) is 0 Å². The molecule has 0 aromatic carbocycles. The number of carbonyl (C=O) groups excluding carboxylic acids is 1. The lowest BCUT2D eigenvalue weighted by Crippen LogP contribution is -2.56. The molecule has 102 valence electrons. The molecule has 4 aliphatic carbocycles. The van der Waals surface area contributed by atoms with Gasteiger partial charge in [0.05, 0.1) is 6.20 Å². The van der Waals surface area contributed by atoms with Gasteiger partial charge < -0.3 is 4.90 Å². The van der Waals surface area contributed by atoms with Crippen LogP contribution in [0.1, 0.15) is 42.6 Å². The van der Waals surface area contributed by atoms with Gasteiger partial charge in [-0.05, 0) is 55.8 Å². The summed E-state index contributed by atoms with van der Waals surface area (Å²) < 4.78 is 0. The van der Waals surface area contributed by atoms with Gasteiger partial charge in [0.15, 0.2) is 5.69 Å². The maximum absolute atomic E-state index is 12.4. The average Bonchev–Trinajstić information content (AvgIpc) is 2.90. The molecular formula is C14H20N4O. The minimum Gasteiger partial charge on any atom is -0.337 e. The fourth-order valence-corrected chi connectivity index (χ4v) is 5.15. The van der Waals surface area contributed by atoms with Gasteiger partial charge in [0.25, 0.3) is 5.91 Å². The lowest BCUT2D eigenvalue weighted by atomic mass is 9.54. The van der Waals surface area contributed by atoms with Gasteiger partial charge in [-0.3, -0.25) is 4.79 Å². The summed E-state index contributed by atoms with van der Waals surface area (Å²) in [5.74, 6) is 3.34. The van der Waals surface area contributed by atoms with E-state index in [0.717, 1.165) is 23.7 Å². The second-order valence-corrected chi connectivity index (χ2v) is 6.69. The lowest BCUT2D eigenvalue weighted by molar-refractivity contribution is -0.0492. The largest absolute Gasteiger partial charge is 0.337 e. The zero-order valence-corrected chi connectivity index (χ0v) is 11.2. The number of nitrogens with one attached hydrogen (secondary N) is 1. The molecule has 5 heteroatoms. The van der Waals surface area contributed by atoms with E-state index in [4.69, 9.17) is 0 Å². The molecule has 0 saturated heterocycles. The van der Waals surface area contributed by atoms with E-state index < -0.39 is 0 Å². The molecule has 0 radical (unpaired) electrons. The number of H-pyrrole nitrogens is 1. The minimum atomic E-state index is 0.0197. The van der Waals surface area contributed by atoms with E-state index in [-0.39, 0.29) is 5.91 Å². The van der Waals surface area contributed by atoms with Crippen molar-refractivity contribution in [2.45, 2.75) is 38.1 Å². The molecule has 5 rings (SSSR count). The van der Waals surface area contributed by atoms with Crippen LogP contribution in [-0.4, -0.2) is 39.3 Å². The van der Waals surface area contributed by atoms with Crippen LogP contribution in [0.4, 0.5) is 0 Å². The Morgan fingerprint density at radius 2 is 1.84 bits per heavy atom. The summed E-state index contributed by atoms with van der Waals surface area (Å²) in [6.45, 7) is 0. The third-order valence-electron chi connectivity index (χ3n) is 5.58. The standard InChI is InChI=1S/C14H20N4O/c1-18(14(19)12-7-15-17-16-12)13-10-3-8-2-9(5-10)6-11(13)4-8/h7-11,13H,2-6H2,1H3,(H,15,16,17). The average molecular weight is 260 g/mol. The number of hydrogen-bond acceptors (Lipinski definition) is 3. The first kappa shape index (κ1) is 11.4. The van der Waals surface area contributed by atoms with E-state index in [1.807, 2.05) is 11.9 Å². The summed E-state index contributed by atoms with van der Waals surface area (Å²) in [5.41, 5.74) is 0.441. The smallest absolute Gasteiger partial charge is 0.276 e. The van der Waals surface area contributed by atoms with Gasteiger partial charge in [-0.25, -0.2) is 0 Å². The molecule has 0 atom stereocenters. The van der Waals surface area contributed by atoms with Gasteiger partial charge in [0.1, 0.15) is 0 Å². The Morgan fingerprint density at radius 1 is 1.21 bits per heavy atom. The van der Waals surface area contributed by atoms with Crippen LogP contribution >= 0.6 is 0 Å². The highest BCUT2D eigenvalue weighted by Gasteiger charge is 2.50. The Labute approximate surface area is 112 Å². The molecule has 1 amide bonds. The van der Waals surface area contributed by atoms with Gasteiger partial charge in [-0.2, -0.15) is 15.4 Å². The first-order chi connectivity index (χ1) is 9.22. The van der Waals surface area contributed by atoms with E-state index in [2.05, 4.69) is 15.4 Å². The van der Waals surface area contributed by atoms with Crippen molar-refractivity contribution in [1.29, 1.82) is 0 Å². The van der Waals surface area contributed by atoms with E-state index >= 15 is 0 Å². The van der Waals surface area contributed by atoms with E-state index in [0.29, 0.717) is 11.7 Å². The van der Waals surface area contributed by atoms with Gasteiger partial charge in [-0.15, -0.1) is 0 Å². The van der Waals surface area contributed by atoms with Crippen molar-refractivity contribution in [1.82, 2.24) is 20.3 Å². The third-order valence-corrected chi connectivity index (χ3v) is 5.58.